The van der Waals surface area contributed by atoms with Crippen molar-refractivity contribution in [3.05, 3.63) is 23.9 Å². The van der Waals surface area contributed by atoms with Gasteiger partial charge in [0.2, 0.25) is 0 Å². The average Bonchev–Trinajstić information content (AvgIpc) is 2.52. The first-order valence-corrected chi connectivity index (χ1v) is 5.53. The number of methoxy groups -OCH3 is 2. The summed E-state index contributed by atoms with van der Waals surface area (Å²) < 4.78 is 12.6. The van der Waals surface area contributed by atoms with Crippen LogP contribution in [-0.2, 0) is 0 Å². The Morgan fingerprint density at radius 2 is 1.73 bits per heavy atom. The van der Waals surface area contributed by atoms with Crippen LogP contribution in [0.25, 0.3) is 10.9 Å². The molecule has 1 aromatic heterocycles. The van der Waals surface area contributed by atoms with Gasteiger partial charge in [0.1, 0.15) is 0 Å². The molecular weight excluding hydrogens is 305 g/mol. The fourth-order valence-electron chi connectivity index (χ4n) is 1.67. The highest BCUT2D eigenvalue weighted by molar-refractivity contribution is 14.1. The van der Waals surface area contributed by atoms with Gasteiger partial charge >= 0.3 is 0 Å². The molecule has 0 aliphatic carbocycles. The molecule has 0 spiro atoms. The van der Waals surface area contributed by atoms with Gasteiger partial charge in [-0.25, -0.2) is 0 Å². The summed E-state index contributed by atoms with van der Waals surface area (Å²) >= 11 is 2.26. The van der Waals surface area contributed by atoms with Crippen LogP contribution in [0.1, 0.15) is 5.56 Å². The van der Waals surface area contributed by atoms with Crippen molar-refractivity contribution in [1.29, 1.82) is 0 Å². The van der Waals surface area contributed by atoms with Crippen molar-refractivity contribution in [1.82, 2.24) is 2.78 Å². The molecule has 0 saturated carbocycles. The Labute approximate surface area is 102 Å². The summed E-state index contributed by atoms with van der Waals surface area (Å²) in [5.41, 5.74) is 2.38. The van der Waals surface area contributed by atoms with Gasteiger partial charge in [-0.1, -0.05) is 0 Å². The maximum Gasteiger partial charge on any atom is 0.162 e. The quantitative estimate of drug-likeness (QED) is 0.794. The van der Waals surface area contributed by atoms with Gasteiger partial charge in [-0.2, -0.15) is 0 Å². The molecule has 2 aromatic rings. The first-order chi connectivity index (χ1) is 7.17. The van der Waals surface area contributed by atoms with E-state index in [2.05, 4.69) is 38.8 Å². The van der Waals surface area contributed by atoms with Crippen LogP contribution in [0, 0.1) is 6.92 Å². The molecule has 0 radical (unpaired) electrons. The van der Waals surface area contributed by atoms with Gasteiger partial charge in [0.15, 0.2) is 11.5 Å². The Balaban J connectivity index is 2.77. The largest absolute Gasteiger partial charge is 0.493 e. The molecule has 0 aliphatic heterocycles. The van der Waals surface area contributed by atoms with E-state index in [0.717, 1.165) is 17.0 Å². The van der Waals surface area contributed by atoms with Gasteiger partial charge in [0, 0.05) is 17.6 Å². The molecule has 1 aromatic carbocycles. The van der Waals surface area contributed by atoms with Crippen LogP contribution in [-0.4, -0.2) is 17.0 Å². The number of aromatic nitrogens is 1. The average molecular weight is 317 g/mol. The third kappa shape index (κ3) is 1.67. The molecule has 80 valence electrons. The zero-order valence-corrected chi connectivity index (χ0v) is 11.0. The minimum Gasteiger partial charge on any atom is -0.493 e. The topological polar surface area (TPSA) is 23.4 Å². The molecule has 0 saturated heterocycles. The highest BCUT2D eigenvalue weighted by Crippen LogP contribution is 2.34. The van der Waals surface area contributed by atoms with Gasteiger partial charge in [-0.3, -0.25) is 2.78 Å². The Bertz CT molecular complexity index is 461. The first-order valence-electron chi connectivity index (χ1n) is 4.57. The second kappa shape index (κ2) is 3.92. The number of nitrogens with zero attached hydrogens (tertiary/aromatic N) is 1. The molecule has 3 nitrogen and oxygen atoms in total. The number of rotatable bonds is 2. The molecule has 0 fully saturated rings. The molecule has 2 rings (SSSR count). The number of halogens is 1. The fraction of sp³-hybridized carbons (Fsp3) is 0.273. The summed E-state index contributed by atoms with van der Waals surface area (Å²) in [4.78, 5) is 0. The lowest BCUT2D eigenvalue weighted by atomic mass is 10.2. The van der Waals surface area contributed by atoms with E-state index in [-0.39, 0.29) is 0 Å². The number of benzene rings is 1. The van der Waals surface area contributed by atoms with E-state index < -0.39 is 0 Å². The van der Waals surface area contributed by atoms with E-state index in [1.54, 1.807) is 14.2 Å². The van der Waals surface area contributed by atoms with Crippen LogP contribution in [0.4, 0.5) is 0 Å². The highest BCUT2D eigenvalue weighted by atomic mass is 127. The molecule has 0 bridgehead atoms. The maximum atomic E-state index is 5.27. The highest BCUT2D eigenvalue weighted by Gasteiger charge is 2.10. The second-order valence-corrected chi connectivity index (χ2v) is 4.39. The van der Waals surface area contributed by atoms with Gasteiger partial charge in [-0.15, -0.1) is 0 Å². The van der Waals surface area contributed by atoms with Crippen LogP contribution in [0.3, 0.4) is 0 Å². The molecule has 1 heterocycles. The summed E-state index contributed by atoms with van der Waals surface area (Å²) in [6, 6.07) is 4.01. The van der Waals surface area contributed by atoms with E-state index in [1.165, 1.54) is 10.9 Å². The molecule has 0 atom stereocenters. The Morgan fingerprint density at radius 3 is 2.33 bits per heavy atom. The van der Waals surface area contributed by atoms with Crippen molar-refractivity contribution in [2.45, 2.75) is 6.92 Å². The third-order valence-corrected chi connectivity index (χ3v) is 3.26. The van der Waals surface area contributed by atoms with Crippen LogP contribution in [0.2, 0.25) is 0 Å². The van der Waals surface area contributed by atoms with Crippen molar-refractivity contribution in [2.24, 2.45) is 0 Å². The number of aryl methyl sites for hydroxylation is 1. The normalized spacial score (nSPS) is 10.7. The lowest BCUT2D eigenvalue weighted by molar-refractivity contribution is 0.356. The monoisotopic (exact) mass is 317 g/mol. The van der Waals surface area contributed by atoms with Gasteiger partial charge in [0.05, 0.1) is 42.6 Å². The van der Waals surface area contributed by atoms with E-state index in [9.17, 15) is 0 Å². The Morgan fingerprint density at radius 1 is 1.13 bits per heavy atom. The van der Waals surface area contributed by atoms with E-state index >= 15 is 0 Å². The second-order valence-electron chi connectivity index (χ2n) is 3.35. The summed E-state index contributed by atoms with van der Waals surface area (Å²) in [7, 11) is 3.30. The van der Waals surface area contributed by atoms with Crippen molar-refractivity contribution < 1.29 is 9.47 Å². The minimum atomic E-state index is 0.765. The van der Waals surface area contributed by atoms with Gasteiger partial charge in [0.25, 0.3) is 0 Å². The Hall–Kier alpha value is -0.910. The molecule has 0 N–H and O–H groups in total. The Kier molecular flexibility index (Phi) is 2.77. The third-order valence-electron chi connectivity index (χ3n) is 2.46. The van der Waals surface area contributed by atoms with E-state index in [0.29, 0.717) is 0 Å². The maximum absolute atomic E-state index is 5.27. The molecule has 0 aliphatic rings. The van der Waals surface area contributed by atoms with Crippen molar-refractivity contribution in [2.75, 3.05) is 14.2 Å². The summed E-state index contributed by atoms with van der Waals surface area (Å²) in [5.74, 6) is 1.54. The number of fused-ring (bicyclic) bond motifs is 1. The van der Waals surface area contributed by atoms with Crippen molar-refractivity contribution in [3.63, 3.8) is 0 Å². The van der Waals surface area contributed by atoms with Gasteiger partial charge in [-0.05, 0) is 18.6 Å². The SMILES string of the molecule is COc1cc2c(C)cn(I)c2cc1OC. The number of hydrogen-bond acceptors (Lipinski definition) is 2. The zero-order chi connectivity index (χ0) is 11.0. The van der Waals surface area contributed by atoms with Crippen LogP contribution in [0.15, 0.2) is 18.3 Å². The van der Waals surface area contributed by atoms with Crippen molar-refractivity contribution in [3.8, 4) is 11.5 Å². The zero-order valence-electron chi connectivity index (χ0n) is 8.87. The van der Waals surface area contributed by atoms with Crippen LogP contribution >= 0.6 is 22.9 Å². The predicted octanol–water partition coefficient (Wildman–Crippen LogP) is 3.17. The smallest absolute Gasteiger partial charge is 0.162 e. The standard InChI is InChI=1S/C11H12INO2/c1-7-6-13(12)9-5-11(15-3)10(14-2)4-8(7)9/h4-6H,1-3H3. The van der Waals surface area contributed by atoms with Crippen molar-refractivity contribution >= 4 is 33.8 Å². The molecule has 0 amide bonds. The van der Waals surface area contributed by atoms with Gasteiger partial charge < -0.3 is 9.47 Å². The van der Waals surface area contributed by atoms with Crippen LogP contribution in [0.5, 0.6) is 11.5 Å². The molecular formula is C11H12INO2. The lowest BCUT2D eigenvalue weighted by Gasteiger charge is -2.07. The van der Waals surface area contributed by atoms with Crippen LogP contribution < -0.4 is 9.47 Å². The number of hydrogen-bond donors (Lipinski definition) is 0. The molecule has 0 unspecified atom stereocenters. The minimum absolute atomic E-state index is 0.765. The summed E-state index contributed by atoms with van der Waals surface area (Å²) in [6.07, 6.45) is 2.09. The molecule has 4 heteroatoms. The summed E-state index contributed by atoms with van der Waals surface area (Å²) in [6.45, 7) is 2.09. The lowest BCUT2D eigenvalue weighted by Crippen LogP contribution is -1.90. The number of ether oxygens (including phenoxy) is 2. The van der Waals surface area contributed by atoms with E-state index in [1.807, 2.05) is 12.1 Å². The first kappa shape index (κ1) is 10.6. The summed E-state index contributed by atoms with van der Waals surface area (Å²) in [5, 5.41) is 1.20. The molecule has 15 heavy (non-hydrogen) atoms. The predicted molar refractivity (Wildman–Crippen MR) is 69.2 cm³/mol. The van der Waals surface area contributed by atoms with E-state index in [4.69, 9.17) is 9.47 Å². The fourth-order valence-corrected chi connectivity index (χ4v) is 2.49.